The number of carbonyl (C=O) groups is 2. The first-order chi connectivity index (χ1) is 12.8. The third-order valence-corrected chi connectivity index (χ3v) is 6.50. The largest absolute Gasteiger partial charge is 0.469 e. The van der Waals surface area contributed by atoms with E-state index in [-0.39, 0.29) is 21.0 Å². The van der Waals surface area contributed by atoms with Crippen molar-refractivity contribution in [3.8, 4) is 0 Å². The van der Waals surface area contributed by atoms with E-state index >= 15 is 0 Å². The molecule has 1 aliphatic rings. The minimum absolute atomic E-state index is 0.0176. The molecule has 0 spiro atoms. The van der Waals surface area contributed by atoms with Gasteiger partial charge in [0, 0.05) is 13.1 Å². The fourth-order valence-corrected chi connectivity index (χ4v) is 4.53. The highest BCUT2D eigenvalue weighted by atomic mass is 35.5. The van der Waals surface area contributed by atoms with Crippen LogP contribution in [-0.4, -0.2) is 37.6 Å². The molecule has 1 fully saturated rings. The summed E-state index contributed by atoms with van der Waals surface area (Å²) in [5, 5.41) is 0.0709. The lowest BCUT2D eigenvalue weighted by Gasteiger charge is -2.16. The van der Waals surface area contributed by atoms with Crippen molar-refractivity contribution in [2.75, 3.05) is 13.1 Å². The number of hydrazine groups is 1. The van der Waals surface area contributed by atoms with Crippen molar-refractivity contribution in [2.45, 2.75) is 24.7 Å². The van der Waals surface area contributed by atoms with Crippen LogP contribution in [0, 0.1) is 6.92 Å². The van der Waals surface area contributed by atoms with Crippen LogP contribution < -0.4 is 10.9 Å². The molecule has 1 aliphatic heterocycles. The van der Waals surface area contributed by atoms with Crippen molar-refractivity contribution in [2.24, 2.45) is 0 Å². The summed E-state index contributed by atoms with van der Waals surface area (Å²) in [6.45, 7) is 2.51. The number of furan rings is 1. The van der Waals surface area contributed by atoms with Gasteiger partial charge in [-0.2, -0.15) is 4.31 Å². The van der Waals surface area contributed by atoms with E-state index in [1.54, 1.807) is 6.92 Å². The van der Waals surface area contributed by atoms with Gasteiger partial charge in [-0.25, -0.2) is 8.42 Å². The Balaban J connectivity index is 1.76. The standard InChI is InChI=1S/C17H18ClN3O5S/c1-11-13(6-9-26-11)16(22)19-20-17(23)14-10-12(4-5-15(14)18)27(24,25)21-7-2-3-8-21/h4-6,9-10H,2-3,7-8H2,1H3,(H,19,22)(H,20,23). The van der Waals surface area contributed by atoms with Crippen LogP contribution in [0.5, 0.6) is 0 Å². The summed E-state index contributed by atoms with van der Waals surface area (Å²) in [5.74, 6) is -0.891. The van der Waals surface area contributed by atoms with Crippen molar-refractivity contribution >= 4 is 33.4 Å². The smallest absolute Gasteiger partial charge is 0.273 e. The lowest BCUT2D eigenvalue weighted by molar-refractivity contribution is 0.0845. The van der Waals surface area contributed by atoms with Gasteiger partial charge in [-0.15, -0.1) is 0 Å². The number of nitrogens with one attached hydrogen (secondary N) is 2. The van der Waals surface area contributed by atoms with E-state index in [0.29, 0.717) is 18.8 Å². The summed E-state index contributed by atoms with van der Waals surface area (Å²) in [5.41, 5.74) is 4.69. The first-order valence-electron chi connectivity index (χ1n) is 8.25. The second-order valence-corrected chi connectivity index (χ2v) is 8.40. The number of nitrogens with zero attached hydrogens (tertiary/aromatic N) is 1. The first kappa shape index (κ1) is 19.4. The highest BCUT2D eigenvalue weighted by Gasteiger charge is 2.28. The lowest BCUT2D eigenvalue weighted by atomic mass is 10.2. The van der Waals surface area contributed by atoms with E-state index < -0.39 is 21.8 Å². The maximum atomic E-state index is 12.7. The Hall–Kier alpha value is -2.36. The average molecular weight is 412 g/mol. The van der Waals surface area contributed by atoms with Crippen molar-refractivity contribution < 1.29 is 22.4 Å². The first-order valence-corrected chi connectivity index (χ1v) is 10.1. The molecule has 8 nitrogen and oxygen atoms in total. The maximum absolute atomic E-state index is 12.7. The summed E-state index contributed by atoms with van der Waals surface area (Å²) in [7, 11) is -3.69. The van der Waals surface area contributed by atoms with Crippen LogP contribution >= 0.6 is 11.6 Å². The van der Waals surface area contributed by atoms with E-state index in [4.69, 9.17) is 16.0 Å². The van der Waals surface area contributed by atoms with E-state index in [1.807, 2.05) is 0 Å². The SMILES string of the molecule is Cc1occc1C(=O)NNC(=O)c1cc(S(=O)(=O)N2CCCC2)ccc1Cl. The summed E-state index contributed by atoms with van der Waals surface area (Å²) in [6, 6.07) is 5.38. The summed E-state index contributed by atoms with van der Waals surface area (Å²) >= 11 is 6.04. The van der Waals surface area contributed by atoms with Gasteiger partial charge in [-0.1, -0.05) is 11.6 Å². The number of carbonyl (C=O) groups excluding carboxylic acids is 2. The number of rotatable bonds is 4. The molecule has 2 aromatic rings. The molecule has 0 atom stereocenters. The quantitative estimate of drug-likeness (QED) is 0.749. The van der Waals surface area contributed by atoms with Gasteiger partial charge in [0.05, 0.1) is 27.3 Å². The van der Waals surface area contributed by atoms with Gasteiger partial charge in [-0.3, -0.25) is 20.4 Å². The second-order valence-electron chi connectivity index (χ2n) is 6.05. The van der Waals surface area contributed by atoms with Crippen molar-refractivity contribution in [3.05, 3.63) is 52.4 Å². The van der Waals surface area contributed by atoms with Crippen LogP contribution in [0.15, 0.2) is 39.8 Å². The molecule has 0 radical (unpaired) electrons. The third kappa shape index (κ3) is 4.00. The molecule has 3 rings (SSSR count). The zero-order valence-electron chi connectivity index (χ0n) is 14.5. The molecule has 0 saturated carbocycles. The molecule has 144 valence electrons. The van der Waals surface area contributed by atoms with Gasteiger partial charge in [-0.05, 0) is 44.0 Å². The predicted molar refractivity (Wildman–Crippen MR) is 97.8 cm³/mol. The maximum Gasteiger partial charge on any atom is 0.273 e. The number of hydrogen-bond acceptors (Lipinski definition) is 5. The Labute approximate surface area is 161 Å². The third-order valence-electron chi connectivity index (χ3n) is 4.28. The Bertz CT molecular complexity index is 980. The highest BCUT2D eigenvalue weighted by Crippen LogP contribution is 2.25. The number of halogens is 1. The minimum Gasteiger partial charge on any atom is -0.469 e. The molecule has 2 heterocycles. The Kier molecular flexibility index (Phi) is 5.54. The van der Waals surface area contributed by atoms with E-state index in [0.717, 1.165) is 12.8 Å². The number of amides is 2. The molecule has 2 amide bonds. The second kappa shape index (κ2) is 7.71. The number of aryl methyl sites for hydroxylation is 1. The zero-order valence-corrected chi connectivity index (χ0v) is 16.1. The van der Waals surface area contributed by atoms with Gasteiger partial charge in [0.15, 0.2) is 0 Å². The van der Waals surface area contributed by atoms with Gasteiger partial charge in [0.25, 0.3) is 11.8 Å². The van der Waals surface area contributed by atoms with E-state index in [9.17, 15) is 18.0 Å². The Morgan fingerprint density at radius 1 is 1.07 bits per heavy atom. The molecule has 27 heavy (non-hydrogen) atoms. The number of sulfonamides is 1. The monoisotopic (exact) mass is 411 g/mol. The van der Waals surface area contributed by atoms with Crippen LogP contribution in [0.4, 0.5) is 0 Å². The van der Waals surface area contributed by atoms with Crippen molar-refractivity contribution in [1.29, 1.82) is 0 Å². The number of hydrogen-bond donors (Lipinski definition) is 2. The predicted octanol–water partition coefficient (Wildman–Crippen LogP) is 2.10. The molecule has 1 aromatic carbocycles. The molecule has 0 aliphatic carbocycles. The Morgan fingerprint density at radius 2 is 1.70 bits per heavy atom. The minimum atomic E-state index is -3.69. The molecule has 0 unspecified atom stereocenters. The van der Waals surface area contributed by atoms with Crippen LogP contribution in [-0.2, 0) is 10.0 Å². The number of benzene rings is 1. The summed E-state index contributed by atoms with van der Waals surface area (Å²) in [4.78, 5) is 24.4. The molecular formula is C17H18ClN3O5S. The molecule has 0 bridgehead atoms. The van der Waals surface area contributed by atoms with Gasteiger partial charge >= 0.3 is 0 Å². The fraction of sp³-hybridized carbons (Fsp3) is 0.294. The molecule has 1 saturated heterocycles. The summed E-state index contributed by atoms with van der Waals surface area (Å²) in [6.07, 6.45) is 2.97. The normalized spacial score (nSPS) is 14.9. The van der Waals surface area contributed by atoms with E-state index in [1.165, 1.54) is 34.8 Å². The average Bonchev–Trinajstić information content (AvgIpc) is 3.31. The van der Waals surface area contributed by atoms with Crippen LogP contribution in [0.3, 0.4) is 0 Å². The lowest BCUT2D eigenvalue weighted by Crippen LogP contribution is -2.41. The van der Waals surface area contributed by atoms with Crippen LogP contribution in [0.2, 0.25) is 5.02 Å². The highest BCUT2D eigenvalue weighted by molar-refractivity contribution is 7.89. The fourth-order valence-electron chi connectivity index (χ4n) is 2.79. The molecule has 2 N–H and O–H groups in total. The van der Waals surface area contributed by atoms with Gasteiger partial charge < -0.3 is 4.42 Å². The zero-order chi connectivity index (χ0) is 19.6. The molecule has 1 aromatic heterocycles. The Morgan fingerprint density at radius 3 is 2.30 bits per heavy atom. The molecular weight excluding hydrogens is 394 g/mol. The molecule has 10 heteroatoms. The topological polar surface area (TPSA) is 109 Å². The van der Waals surface area contributed by atoms with Crippen molar-refractivity contribution in [3.63, 3.8) is 0 Å². The van der Waals surface area contributed by atoms with Crippen LogP contribution in [0.1, 0.15) is 39.3 Å². The van der Waals surface area contributed by atoms with Gasteiger partial charge in [0.2, 0.25) is 10.0 Å². The summed E-state index contributed by atoms with van der Waals surface area (Å²) < 4.78 is 31.7. The van der Waals surface area contributed by atoms with Crippen molar-refractivity contribution in [1.82, 2.24) is 15.2 Å². The van der Waals surface area contributed by atoms with E-state index in [2.05, 4.69) is 10.9 Å². The van der Waals surface area contributed by atoms with Gasteiger partial charge in [0.1, 0.15) is 5.76 Å². The van der Waals surface area contributed by atoms with Crippen LogP contribution in [0.25, 0.3) is 0 Å².